The zero-order chi connectivity index (χ0) is 27.8. The number of ether oxygens (including phenoxy) is 2. The number of anilines is 1. The summed E-state index contributed by atoms with van der Waals surface area (Å²) in [6.07, 6.45) is 0.626. The van der Waals surface area contributed by atoms with Gasteiger partial charge in [-0.1, -0.05) is 29.8 Å². The van der Waals surface area contributed by atoms with Crippen LogP contribution in [-0.4, -0.2) is 59.8 Å². The molecular formula is C28H37N3O6. The molecule has 0 aliphatic carbocycles. The Morgan fingerprint density at radius 2 is 1.76 bits per heavy atom. The molecule has 9 heteroatoms. The van der Waals surface area contributed by atoms with Gasteiger partial charge >= 0.3 is 6.09 Å². The number of rotatable bonds is 10. The van der Waals surface area contributed by atoms with Gasteiger partial charge in [-0.05, 0) is 70.0 Å². The first-order valence-corrected chi connectivity index (χ1v) is 11.9. The van der Waals surface area contributed by atoms with Crippen molar-refractivity contribution < 1.29 is 29.0 Å². The van der Waals surface area contributed by atoms with Gasteiger partial charge in [0.1, 0.15) is 23.4 Å². The molecule has 0 fully saturated rings. The van der Waals surface area contributed by atoms with Crippen LogP contribution in [0.3, 0.4) is 0 Å². The first-order valence-electron chi connectivity index (χ1n) is 11.9. The number of alkyl carbamates (subject to hydrolysis) is 1. The molecule has 3 amide bonds. The smallest absolute Gasteiger partial charge is 0.408 e. The number of aliphatic hydroxyl groups is 1. The summed E-state index contributed by atoms with van der Waals surface area (Å²) in [6, 6.07) is 9.95. The van der Waals surface area contributed by atoms with Crippen LogP contribution in [0.2, 0.25) is 0 Å². The molecule has 0 aliphatic rings. The van der Waals surface area contributed by atoms with E-state index in [1.807, 2.05) is 26.0 Å². The molecule has 2 aromatic carbocycles. The van der Waals surface area contributed by atoms with Crippen LogP contribution in [-0.2, 0) is 14.3 Å². The number of carbonyl (C=O) groups excluding carboxylic acids is 3. The minimum absolute atomic E-state index is 0.0145. The van der Waals surface area contributed by atoms with E-state index < -0.39 is 42.2 Å². The molecule has 0 saturated carbocycles. The highest BCUT2D eigenvalue weighted by Gasteiger charge is 2.36. The lowest BCUT2D eigenvalue weighted by atomic mass is 9.96. The Bertz CT molecular complexity index is 1110. The van der Waals surface area contributed by atoms with Crippen LogP contribution in [0.5, 0.6) is 5.75 Å². The van der Waals surface area contributed by atoms with Gasteiger partial charge in [0.25, 0.3) is 5.91 Å². The lowest BCUT2D eigenvalue weighted by Crippen LogP contribution is -2.54. The van der Waals surface area contributed by atoms with Crippen molar-refractivity contribution in [1.29, 1.82) is 0 Å². The van der Waals surface area contributed by atoms with Crippen molar-refractivity contribution in [3.05, 3.63) is 71.8 Å². The van der Waals surface area contributed by atoms with Crippen LogP contribution < -0.4 is 15.4 Å². The molecule has 2 unspecified atom stereocenters. The molecular weight excluding hydrogens is 474 g/mol. The quantitative estimate of drug-likeness (QED) is 0.417. The van der Waals surface area contributed by atoms with E-state index in [0.29, 0.717) is 17.0 Å². The number of methoxy groups -OCH3 is 1. The Labute approximate surface area is 218 Å². The van der Waals surface area contributed by atoms with E-state index in [2.05, 4.69) is 17.2 Å². The lowest BCUT2D eigenvalue weighted by Gasteiger charge is -2.34. The van der Waals surface area contributed by atoms with E-state index in [4.69, 9.17) is 9.47 Å². The molecule has 37 heavy (non-hydrogen) atoms. The number of nitrogens with one attached hydrogen (secondary N) is 2. The first kappa shape index (κ1) is 29.4. The van der Waals surface area contributed by atoms with Crippen molar-refractivity contribution in [2.75, 3.05) is 25.6 Å². The van der Waals surface area contributed by atoms with Crippen LogP contribution in [0.4, 0.5) is 10.5 Å². The van der Waals surface area contributed by atoms with Gasteiger partial charge in [0.2, 0.25) is 5.91 Å². The maximum Gasteiger partial charge on any atom is 0.408 e. The van der Waals surface area contributed by atoms with E-state index in [9.17, 15) is 19.5 Å². The second-order valence-electron chi connectivity index (χ2n) is 9.64. The van der Waals surface area contributed by atoms with E-state index in [1.165, 1.54) is 11.0 Å². The number of benzene rings is 2. The van der Waals surface area contributed by atoms with Crippen LogP contribution in [0.15, 0.2) is 55.1 Å². The summed E-state index contributed by atoms with van der Waals surface area (Å²) < 4.78 is 10.4. The van der Waals surface area contributed by atoms with E-state index in [0.717, 1.165) is 11.1 Å². The summed E-state index contributed by atoms with van der Waals surface area (Å²) in [5.74, 6) is -0.504. The largest absolute Gasteiger partial charge is 0.497 e. The van der Waals surface area contributed by atoms with Gasteiger partial charge in [-0.3, -0.25) is 9.59 Å². The summed E-state index contributed by atoms with van der Waals surface area (Å²) in [7, 11) is 1.55. The van der Waals surface area contributed by atoms with Gasteiger partial charge < -0.3 is 30.1 Å². The number of amides is 3. The van der Waals surface area contributed by atoms with Gasteiger partial charge in [0.15, 0.2) is 0 Å². The fourth-order valence-corrected chi connectivity index (χ4v) is 3.77. The molecule has 0 heterocycles. The first-order chi connectivity index (χ1) is 17.4. The van der Waals surface area contributed by atoms with Gasteiger partial charge in [-0.15, -0.1) is 6.58 Å². The topological polar surface area (TPSA) is 117 Å². The minimum Gasteiger partial charge on any atom is -0.497 e. The Morgan fingerprint density at radius 1 is 1.11 bits per heavy atom. The molecule has 0 saturated heterocycles. The van der Waals surface area contributed by atoms with Gasteiger partial charge in [0, 0.05) is 12.2 Å². The van der Waals surface area contributed by atoms with Crippen LogP contribution >= 0.6 is 0 Å². The summed E-state index contributed by atoms with van der Waals surface area (Å²) in [5, 5.41) is 15.2. The van der Waals surface area contributed by atoms with Crippen molar-refractivity contribution in [2.45, 2.75) is 52.3 Å². The molecule has 2 aromatic rings. The number of hydrogen-bond acceptors (Lipinski definition) is 6. The predicted octanol–water partition coefficient (Wildman–Crippen LogP) is 3.89. The fourth-order valence-electron chi connectivity index (χ4n) is 3.77. The van der Waals surface area contributed by atoms with Crippen LogP contribution in [0.25, 0.3) is 0 Å². The SMILES string of the molecule is C=CCN(C(=O)C(CO)NC(=O)OC(C)(C)C)C(C(=O)Nc1ccc(OC)cc1)c1ccc(C)cc1C. The van der Waals surface area contributed by atoms with Crippen LogP contribution in [0.1, 0.15) is 43.5 Å². The van der Waals surface area contributed by atoms with Crippen molar-refractivity contribution in [3.8, 4) is 5.75 Å². The maximum absolute atomic E-state index is 13.7. The Balaban J connectivity index is 2.48. The third-order valence-corrected chi connectivity index (χ3v) is 5.42. The second kappa shape index (κ2) is 12.9. The van der Waals surface area contributed by atoms with Crippen molar-refractivity contribution in [1.82, 2.24) is 10.2 Å². The lowest BCUT2D eigenvalue weighted by molar-refractivity contribution is -0.140. The minimum atomic E-state index is -1.34. The maximum atomic E-state index is 13.7. The fraction of sp³-hybridized carbons (Fsp3) is 0.393. The van der Waals surface area contributed by atoms with Crippen molar-refractivity contribution in [2.24, 2.45) is 0 Å². The third-order valence-electron chi connectivity index (χ3n) is 5.42. The number of nitrogens with zero attached hydrogens (tertiary/aromatic N) is 1. The monoisotopic (exact) mass is 511 g/mol. The van der Waals surface area contributed by atoms with E-state index >= 15 is 0 Å². The average Bonchev–Trinajstić information content (AvgIpc) is 2.82. The molecule has 2 atom stereocenters. The zero-order valence-electron chi connectivity index (χ0n) is 22.3. The molecule has 0 spiro atoms. The zero-order valence-corrected chi connectivity index (χ0v) is 22.3. The molecule has 2 rings (SSSR count). The summed E-state index contributed by atoms with van der Waals surface area (Å²) >= 11 is 0. The molecule has 0 aromatic heterocycles. The molecule has 0 radical (unpaired) electrons. The number of carbonyl (C=O) groups is 3. The van der Waals surface area contributed by atoms with Gasteiger partial charge in [-0.25, -0.2) is 4.79 Å². The molecule has 200 valence electrons. The normalized spacial score (nSPS) is 12.6. The summed E-state index contributed by atoms with van der Waals surface area (Å²) in [4.78, 5) is 41.0. The molecule has 0 bridgehead atoms. The standard InChI is InChI=1S/C28H37N3O6/c1-8-15-31(26(34)23(17-32)30-27(35)37-28(4,5)6)24(22-14-9-18(2)16-19(22)3)25(33)29-20-10-12-21(36-7)13-11-20/h8-14,16,23-24,32H,1,15,17H2,2-7H3,(H,29,33)(H,30,35). The highest BCUT2D eigenvalue weighted by atomic mass is 16.6. The Hall–Kier alpha value is -3.85. The second-order valence-corrected chi connectivity index (χ2v) is 9.64. The molecule has 0 aliphatic heterocycles. The third kappa shape index (κ3) is 8.35. The van der Waals surface area contributed by atoms with E-state index in [1.54, 1.807) is 58.2 Å². The highest BCUT2D eigenvalue weighted by molar-refractivity contribution is 5.99. The van der Waals surface area contributed by atoms with Crippen LogP contribution in [0, 0.1) is 13.8 Å². The predicted molar refractivity (Wildman–Crippen MR) is 142 cm³/mol. The number of hydrogen-bond donors (Lipinski definition) is 3. The summed E-state index contributed by atoms with van der Waals surface area (Å²) in [5.41, 5.74) is 2.11. The average molecular weight is 512 g/mol. The van der Waals surface area contributed by atoms with Crippen molar-refractivity contribution in [3.63, 3.8) is 0 Å². The Kier molecular flexibility index (Phi) is 10.3. The van der Waals surface area contributed by atoms with Crippen molar-refractivity contribution >= 4 is 23.6 Å². The molecule has 3 N–H and O–H groups in total. The molecule has 9 nitrogen and oxygen atoms in total. The number of aliphatic hydroxyl groups excluding tert-OH is 1. The van der Waals surface area contributed by atoms with E-state index in [-0.39, 0.29) is 6.54 Å². The highest BCUT2D eigenvalue weighted by Crippen LogP contribution is 2.28. The summed E-state index contributed by atoms with van der Waals surface area (Å²) in [6.45, 7) is 11.9. The van der Waals surface area contributed by atoms with Gasteiger partial charge in [0.05, 0.1) is 13.7 Å². The Morgan fingerprint density at radius 3 is 2.27 bits per heavy atom. The number of aryl methyl sites for hydroxylation is 2. The van der Waals surface area contributed by atoms with Gasteiger partial charge in [-0.2, -0.15) is 0 Å².